The molecule has 0 aliphatic heterocycles. The van der Waals surface area contributed by atoms with Crippen LogP contribution in [0, 0.1) is 0 Å². The summed E-state index contributed by atoms with van der Waals surface area (Å²) in [6.07, 6.45) is 3.24. The van der Waals surface area contributed by atoms with Gasteiger partial charge < -0.3 is 14.8 Å². The molecule has 0 bridgehead atoms. The third-order valence-corrected chi connectivity index (χ3v) is 2.89. The molecule has 0 spiro atoms. The van der Waals surface area contributed by atoms with Crippen molar-refractivity contribution in [3.8, 4) is 11.5 Å². The summed E-state index contributed by atoms with van der Waals surface area (Å²) in [6.45, 7) is 0. The number of ether oxygens (including phenoxy) is 2. The van der Waals surface area contributed by atoms with Gasteiger partial charge in [0.15, 0.2) is 0 Å². The molecule has 1 N–H and O–H groups in total. The molecule has 2 aromatic rings. The average Bonchev–Trinajstić information content (AvgIpc) is 2.54. The number of benzene rings is 2. The number of methoxy groups -OCH3 is 2. The van der Waals surface area contributed by atoms with E-state index in [1.54, 1.807) is 38.5 Å². The van der Waals surface area contributed by atoms with E-state index in [9.17, 15) is 4.79 Å². The van der Waals surface area contributed by atoms with E-state index in [4.69, 9.17) is 9.47 Å². The molecule has 0 radical (unpaired) electrons. The Balaban J connectivity index is 2.07. The maximum Gasteiger partial charge on any atom is 0.248 e. The molecule has 4 nitrogen and oxygen atoms in total. The van der Waals surface area contributed by atoms with Crippen LogP contribution < -0.4 is 14.8 Å². The smallest absolute Gasteiger partial charge is 0.248 e. The Morgan fingerprint density at radius 1 is 1.05 bits per heavy atom. The molecule has 21 heavy (non-hydrogen) atoms. The molecule has 0 aromatic heterocycles. The second-order valence-electron chi connectivity index (χ2n) is 4.30. The van der Waals surface area contributed by atoms with Gasteiger partial charge in [-0.15, -0.1) is 0 Å². The van der Waals surface area contributed by atoms with Crippen LogP contribution in [-0.4, -0.2) is 20.1 Å². The molecule has 2 aromatic carbocycles. The van der Waals surface area contributed by atoms with E-state index in [1.165, 1.54) is 6.08 Å². The summed E-state index contributed by atoms with van der Waals surface area (Å²) < 4.78 is 10.3. The molecule has 0 saturated heterocycles. The van der Waals surface area contributed by atoms with E-state index in [0.29, 0.717) is 17.2 Å². The number of amides is 1. The highest BCUT2D eigenvalue weighted by atomic mass is 16.5. The lowest BCUT2D eigenvalue weighted by molar-refractivity contribution is -0.111. The molecule has 0 atom stereocenters. The van der Waals surface area contributed by atoms with E-state index in [-0.39, 0.29) is 5.91 Å². The first-order valence-corrected chi connectivity index (χ1v) is 6.49. The minimum atomic E-state index is -0.220. The molecule has 4 heteroatoms. The fraction of sp³-hybridized carbons (Fsp3) is 0.118. The Hall–Kier alpha value is -2.75. The van der Waals surface area contributed by atoms with Crippen molar-refractivity contribution in [3.63, 3.8) is 0 Å². The molecule has 0 unspecified atom stereocenters. The number of hydrogen-bond donors (Lipinski definition) is 1. The van der Waals surface area contributed by atoms with Gasteiger partial charge in [-0.25, -0.2) is 0 Å². The summed E-state index contributed by atoms with van der Waals surface area (Å²) in [5.74, 6) is 1.00. The summed E-state index contributed by atoms with van der Waals surface area (Å²) >= 11 is 0. The van der Waals surface area contributed by atoms with Crippen molar-refractivity contribution in [3.05, 3.63) is 60.2 Å². The molecule has 0 aliphatic carbocycles. The Labute approximate surface area is 124 Å². The Morgan fingerprint density at radius 3 is 2.48 bits per heavy atom. The van der Waals surface area contributed by atoms with Crippen molar-refractivity contribution in [2.24, 2.45) is 0 Å². The van der Waals surface area contributed by atoms with Gasteiger partial charge in [-0.1, -0.05) is 30.3 Å². The second kappa shape index (κ2) is 7.14. The zero-order chi connectivity index (χ0) is 15.1. The number of nitrogens with one attached hydrogen (secondary N) is 1. The summed E-state index contributed by atoms with van der Waals surface area (Å²) in [5.41, 5.74) is 1.57. The van der Waals surface area contributed by atoms with Crippen LogP contribution in [0.5, 0.6) is 11.5 Å². The maximum atomic E-state index is 11.9. The molecular weight excluding hydrogens is 266 g/mol. The first-order chi connectivity index (χ1) is 10.2. The topological polar surface area (TPSA) is 47.6 Å². The summed E-state index contributed by atoms with van der Waals surface area (Å²) in [5, 5.41) is 2.78. The van der Waals surface area contributed by atoms with E-state index >= 15 is 0 Å². The number of carbonyl (C=O) groups is 1. The van der Waals surface area contributed by atoms with Crippen molar-refractivity contribution in [1.82, 2.24) is 0 Å². The molecular formula is C17H17NO3. The van der Waals surface area contributed by atoms with Gasteiger partial charge in [0.25, 0.3) is 0 Å². The maximum absolute atomic E-state index is 11.9. The lowest BCUT2D eigenvalue weighted by Crippen LogP contribution is -2.08. The van der Waals surface area contributed by atoms with Gasteiger partial charge >= 0.3 is 0 Å². The van der Waals surface area contributed by atoms with Crippen molar-refractivity contribution in [1.29, 1.82) is 0 Å². The minimum absolute atomic E-state index is 0.220. The minimum Gasteiger partial charge on any atom is -0.497 e. The largest absolute Gasteiger partial charge is 0.497 e. The molecule has 1 amide bonds. The van der Waals surface area contributed by atoms with Gasteiger partial charge in [-0.05, 0) is 23.8 Å². The third kappa shape index (κ3) is 4.11. The number of anilines is 1. The Morgan fingerprint density at radius 2 is 1.81 bits per heavy atom. The first kappa shape index (κ1) is 14.7. The fourth-order valence-electron chi connectivity index (χ4n) is 1.81. The second-order valence-corrected chi connectivity index (χ2v) is 4.30. The normalized spacial score (nSPS) is 10.4. The van der Waals surface area contributed by atoms with Crippen LogP contribution in [-0.2, 0) is 4.79 Å². The van der Waals surface area contributed by atoms with E-state index in [0.717, 1.165) is 5.56 Å². The van der Waals surface area contributed by atoms with Crippen molar-refractivity contribution < 1.29 is 14.3 Å². The van der Waals surface area contributed by atoms with Gasteiger partial charge in [0.05, 0.1) is 19.9 Å². The molecule has 2 rings (SSSR count). The van der Waals surface area contributed by atoms with Gasteiger partial charge in [0.1, 0.15) is 11.5 Å². The van der Waals surface area contributed by atoms with Crippen molar-refractivity contribution >= 4 is 17.7 Å². The van der Waals surface area contributed by atoms with Gasteiger partial charge in [-0.3, -0.25) is 4.79 Å². The number of hydrogen-bond acceptors (Lipinski definition) is 3. The van der Waals surface area contributed by atoms with Crippen LogP contribution in [0.15, 0.2) is 54.6 Å². The van der Waals surface area contributed by atoms with Crippen LogP contribution in [0.1, 0.15) is 5.56 Å². The zero-order valence-electron chi connectivity index (χ0n) is 12.0. The van der Waals surface area contributed by atoms with E-state index in [1.807, 2.05) is 30.3 Å². The van der Waals surface area contributed by atoms with Gasteiger partial charge in [-0.2, -0.15) is 0 Å². The highest BCUT2D eigenvalue weighted by molar-refractivity contribution is 6.02. The Bertz CT molecular complexity index is 636. The molecule has 108 valence electrons. The van der Waals surface area contributed by atoms with E-state index in [2.05, 4.69) is 5.32 Å². The SMILES string of the molecule is COc1ccc(NC(=O)C=Cc2ccccc2)c(OC)c1. The fourth-order valence-corrected chi connectivity index (χ4v) is 1.81. The molecule has 0 fully saturated rings. The van der Waals surface area contributed by atoms with Crippen LogP contribution >= 0.6 is 0 Å². The Kier molecular flexibility index (Phi) is 4.99. The van der Waals surface area contributed by atoms with Crippen LogP contribution in [0.25, 0.3) is 6.08 Å². The summed E-state index contributed by atoms with van der Waals surface area (Å²) in [7, 11) is 3.12. The van der Waals surface area contributed by atoms with Crippen LogP contribution in [0.3, 0.4) is 0 Å². The molecule has 0 aliphatic rings. The van der Waals surface area contributed by atoms with Gasteiger partial charge in [0, 0.05) is 12.1 Å². The quantitative estimate of drug-likeness (QED) is 0.856. The van der Waals surface area contributed by atoms with E-state index < -0.39 is 0 Å². The van der Waals surface area contributed by atoms with Crippen molar-refractivity contribution in [2.75, 3.05) is 19.5 Å². The lowest BCUT2D eigenvalue weighted by Gasteiger charge is -2.10. The monoisotopic (exact) mass is 283 g/mol. The predicted molar refractivity (Wildman–Crippen MR) is 83.7 cm³/mol. The first-order valence-electron chi connectivity index (χ1n) is 6.49. The predicted octanol–water partition coefficient (Wildman–Crippen LogP) is 3.36. The number of carbonyl (C=O) groups excluding carboxylic acids is 1. The van der Waals surface area contributed by atoms with Crippen LogP contribution in [0.2, 0.25) is 0 Å². The highest BCUT2D eigenvalue weighted by Crippen LogP contribution is 2.28. The summed E-state index contributed by atoms with van der Waals surface area (Å²) in [4.78, 5) is 11.9. The highest BCUT2D eigenvalue weighted by Gasteiger charge is 2.06. The average molecular weight is 283 g/mol. The van der Waals surface area contributed by atoms with Crippen LogP contribution in [0.4, 0.5) is 5.69 Å². The zero-order valence-corrected chi connectivity index (χ0v) is 12.0. The number of rotatable bonds is 5. The van der Waals surface area contributed by atoms with Crippen molar-refractivity contribution in [2.45, 2.75) is 0 Å². The molecule has 0 heterocycles. The standard InChI is InChI=1S/C17H17NO3/c1-20-14-9-10-15(16(12-14)21-2)18-17(19)11-8-13-6-4-3-5-7-13/h3-12H,1-2H3,(H,18,19). The summed E-state index contributed by atoms with van der Waals surface area (Å²) in [6, 6.07) is 14.9. The lowest BCUT2D eigenvalue weighted by atomic mass is 10.2. The van der Waals surface area contributed by atoms with Gasteiger partial charge in [0.2, 0.25) is 5.91 Å². The third-order valence-electron chi connectivity index (χ3n) is 2.89. The molecule has 0 saturated carbocycles.